The molecule has 2 aromatic rings. The highest BCUT2D eigenvalue weighted by Gasteiger charge is 2.24. The molecule has 0 aromatic heterocycles. The normalized spacial score (nSPS) is 14.1. The van der Waals surface area contributed by atoms with Crippen molar-refractivity contribution in [2.75, 3.05) is 11.7 Å². The molecule has 0 spiro atoms. The van der Waals surface area contributed by atoms with Crippen molar-refractivity contribution in [3.05, 3.63) is 59.7 Å². The molecule has 3 rings (SSSR count). The molecule has 0 radical (unpaired) electrons. The molecule has 0 amide bonds. The van der Waals surface area contributed by atoms with Gasteiger partial charge in [-0.15, -0.1) is 0 Å². The topological polar surface area (TPSA) is 74.5 Å². The Labute approximate surface area is 147 Å². The third kappa shape index (κ3) is 3.95. The van der Waals surface area contributed by atoms with Gasteiger partial charge in [-0.25, -0.2) is 4.99 Å². The van der Waals surface area contributed by atoms with E-state index in [4.69, 9.17) is 19.5 Å². The second-order valence-corrected chi connectivity index (χ2v) is 6.81. The number of hydroxylamine groups is 1. The van der Waals surface area contributed by atoms with Crippen LogP contribution in [0, 0.1) is 0 Å². The van der Waals surface area contributed by atoms with Gasteiger partial charge in [-0.2, -0.15) is 5.06 Å². The van der Waals surface area contributed by atoms with E-state index in [0.717, 1.165) is 5.56 Å². The van der Waals surface area contributed by atoms with Crippen LogP contribution in [0.25, 0.3) is 0 Å². The summed E-state index contributed by atoms with van der Waals surface area (Å²) in [5.41, 5.74) is 2.78. The average Bonchev–Trinajstić information content (AvgIpc) is 3.04. The van der Waals surface area contributed by atoms with Gasteiger partial charge in [-0.3, -0.25) is 0 Å². The Hall–Kier alpha value is -2.51. The van der Waals surface area contributed by atoms with Crippen LogP contribution in [-0.2, 0) is 10.3 Å². The Bertz CT molecular complexity index is 769. The summed E-state index contributed by atoms with van der Waals surface area (Å²) in [5.74, 6) is 0.817. The summed E-state index contributed by atoms with van der Waals surface area (Å²) in [4.78, 5) is 10.2. The van der Waals surface area contributed by atoms with E-state index in [1.807, 2.05) is 18.2 Å². The predicted octanol–water partition coefficient (Wildman–Crippen LogP) is 2.49. The summed E-state index contributed by atoms with van der Waals surface area (Å²) < 4.78 is 4.99. The van der Waals surface area contributed by atoms with Crippen molar-refractivity contribution in [2.45, 2.75) is 26.2 Å². The molecular weight excluding hydrogens is 319 g/mol. The van der Waals surface area contributed by atoms with Gasteiger partial charge in [0.15, 0.2) is 6.67 Å². The zero-order valence-corrected chi connectivity index (χ0v) is 14.5. The Morgan fingerprint density at radius 1 is 1.08 bits per heavy atom. The number of rotatable bonds is 4. The summed E-state index contributed by atoms with van der Waals surface area (Å²) >= 11 is 0. The minimum absolute atomic E-state index is 0.0876. The van der Waals surface area contributed by atoms with Crippen molar-refractivity contribution in [2.24, 2.45) is 4.99 Å². The van der Waals surface area contributed by atoms with Crippen LogP contribution in [-0.4, -0.2) is 29.9 Å². The summed E-state index contributed by atoms with van der Waals surface area (Å²) in [5, 5.41) is 19.6. The van der Waals surface area contributed by atoms with Crippen molar-refractivity contribution >= 4 is 18.9 Å². The second kappa shape index (κ2) is 6.78. The van der Waals surface area contributed by atoms with Crippen molar-refractivity contribution in [3.63, 3.8) is 0 Å². The number of hydrogen-bond donors (Lipinski definition) is 2. The minimum Gasteiger partial charge on any atom is -0.510 e. The molecule has 0 fully saturated rings. The summed E-state index contributed by atoms with van der Waals surface area (Å²) in [6, 6.07) is 15.1. The monoisotopic (exact) mass is 340 g/mol. The first-order chi connectivity index (χ1) is 11.8. The maximum atomic E-state index is 9.04. The van der Waals surface area contributed by atoms with Crippen molar-refractivity contribution in [3.8, 4) is 5.75 Å². The van der Waals surface area contributed by atoms with Crippen molar-refractivity contribution in [1.82, 2.24) is 0 Å². The van der Waals surface area contributed by atoms with Crippen LogP contribution in [0.15, 0.2) is 53.5 Å². The SMILES string of the molecule is CC(C)(C)c1ccc(C2=NCN(c3ccccc3OB(O)O)O2)cc1. The molecular formula is C18H21BN2O4. The van der Waals surface area contributed by atoms with E-state index in [1.165, 1.54) is 5.56 Å². The molecule has 25 heavy (non-hydrogen) atoms. The molecule has 0 unspecified atom stereocenters. The third-order valence-corrected chi connectivity index (χ3v) is 3.90. The lowest BCUT2D eigenvalue weighted by atomic mass is 9.87. The average molecular weight is 340 g/mol. The highest BCUT2D eigenvalue weighted by molar-refractivity contribution is 6.34. The standard InChI is InChI=1S/C18H21BN2O4/c1-18(2,3)14-10-8-13(9-11-14)17-20-12-21(25-17)15-6-4-5-7-16(15)24-19(22)23/h4-11,22-23H,12H2,1-3H3. The van der Waals surface area contributed by atoms with E-state index in [0.29, 0.717) is 17.3 Å². The van der Waals surface area contributed by atoms with Gasteiger partial charge in [0.2, 0.25) is 0 Å². The third-order valence-electron chi connectivity index (χ3n) is 3.90. The van der Waals surface area contributed by atoms with Gasteiger partial charge >= 0.3 is 7.32 Å². The number of hydrogen-bond acceptors (Lipinski definition) is 6. The van der Waals surface area contributed by atoms with E-state index in [2.05, 4.69) is 37.9 Å². The van der Waals surface area contributed by atoms with E-state index in [-0.39, 0.29) is 12.1 Å². The first-order valence-corrected chi connectivity index (χ1v) is 8.07. The number of aliphatic imine (C=N–C) groups is 1. The molecule has 1 heterocycles. The van der Waals surface area contributed by atoms with Crippen molar-refractivity contribution in [1.29, 1.82) is 0 Å². The van der Waals surface area contributed by atoms with Crippen LogP contribution < -0.4 is 9.72 Å². The van der Waals surface area contributed by atoms with Gasteiger partial charge in [0, 0.05) is 5.56 Å². The molecule has 0 atom stereocenters. The molecule has 0 saturated carbocycles. The molecule has 130 valence electrons. The molecule has 6 nitrogen and oxygen atoms in total. The molecule has 1 aliphatic heterocycles. The fourth-order valence-electron chi connectivity index (χ4n) is 2.55. The first-order valence-electron chi connectivity index (χ1n) is 8.07. The van der Waals surface area contributed by atoms with E-state index >= 15 is 0 Å². The van der Waals surface area contributed by atoms with Gasteiger partial charge in [0.25, 0.3) is 5.90 Å². The highest BCUT2D eigenvalue weighted by Crippen LogP contribution is 2.31. The fraction of sp³-hybridized carbons (Fsp3) is 0.278. The quantitative estimate of drug-likeness (QED) is 0.837. The number of para-hydroxylation sites is 2. The Morgan fingerprint density at radius 3 is 2.40 bits per heavy atom. The van der Waals surface area contributed by atoms with Crippen LogP contribution in [0.1, 0.15) is 31.9 Å². The molecule has 0 bridgehead atoms. The minimum atomic E-state index is -1.89. The lowest BCUT2D eigenvalue weighted by Crippen LogP contribution is -2.25. The lowest BCUT2D eigenvalue weighted by molar-refractivity contribution is 0.276. The molecule has 1 aliphatic rings. The summed E-state index contributed by atoms with van der Waals surface area (Å²) in [6.45, 7) is 6.79. The highest BCUT2D eigenvalue weighted by atomic mass is 16.7. The zero-order chi connectivity index (χ0) is 18.0. The molecule has 2 aromatic carbocycles. The van der Waals surface area contributed by atoms with E-state index in [9.17, 15) is 0 Å². The summed E-state index contributed by atoms with van der Waals surface area (Å²) in [6.07, 6.45) is 0. The maximum absolute atomic E-state index is 9.04. The largest absolute Gasteiger partial charge is 0.707 e. The predicted molar refractivity (Wildman–Crippen MR) is 97.4 cm³/mol. The number of nitrogens with zero attached hydrogens (tertiary/aromatic N) is 2. The van der Waals surface area contributed by atoms with Crippen LogP contribution in [0.3, 0.4) is 0 Å². The van der Waals surface area contributed by atoms with Crippen LogP contribution in [0.4, 0.5) is 5.69 Å². The second-order valence-electron chi connectivity index (χ2n) is 6.81. The number of benzene rings is 2. The maximum Gasteiger partial charge on any atom is 0.707 e. The van der Waals surface area contributed by atoms with Gasteiger partial charge in [-0.05, 0) is 35.2 Å². The first kappa shape index (κ1) is 17.3. The molecule has 7 heteroatoms. The van der Waals surface area contributed by atoms with Gasteiger partial charge in [-0.1, -0.05) is 45.0 Å². The van der Waals surface area contributed by atoms with Gasteiger partial charge < -0.3 is 19.5 Å². The Balaban J connectivity index is 1.76. The van der Waals surface area contributed by atoms with E-state index < -0.39 is 7.32 Å². The molecule has 0 saturated heterocycles. The molecule has 2 N–H and O–H groups in total. The number of anilines is 1. The van der Waals surface area contributed by atoms with E-state index in [1.54, 1.807) is 23.3 Å². The van der Waals surface area contributed by atoms with Crippen LogP contribution in [0.2, 0.25) is 0 Å². The van der Waals surface area contributed by atoms with Gasteiger partial charge in [0.05, 0.1) is 0 Å². The fourth-order valence-corrected chi connectivity index (χ4v) is 2.55. The molecule has 0 aliphatic carbocycles. The van der Waals surface area contributed by atoms with Crippen LogP contribution in [0.5, 0.6) is 5.75 Å². The Morgan fingerprint density at radius 2 is 1.76 bits per heavy atom. The Kier molecular flexibility index (Phi) is 4.70. The van der Waals surface area contributed by atoms with Crippen molar-refractivity contribution < 1.29 is 19.5 Å². The zero-order valence-electron chi connectivity index (χ0n) is 14.5. The lowest BCUT2D eigenvalue weighted by Gasteiger charge is -2.20. The van der Waals surface area contributed by atoms with Crippen LogP contribution >= 0.6 is 0 Å². The van der Waals surface area contributed by atoms with Gasteiger partial charge in [0.1, 0.15) is 11.4 Å². The summed E-state index contributed by atoms with van der Waals surface area (Å²) in [7, 11) is -1.89. The smallest absolute Gasteiger partial charge is 0.510 e.